The topological polar surface area (TPSA) is 73.0 Å². The second kappa shape index (κ2) is 8.23. The molecule has 1 aromatic carbocycles. The average Bonchev–Trinajstić information content (AvgIpc) is 3.28. The van der Waals surface area contributed by atoms with E-state index in [1.807, 2.05) is 48.0 Å². The molecule has 0 spiro atoms. The van der Waals surface area contributed by atoms with Gasteiger partial charge in [-0.2, -0.15) is 0 Å². The molecule has 6 nitrogen and oxygen atoms in total. The predicted molar refractivity (Wildman–Crippen MR) is 102 cm³/mol. The standard InChI is InChI=1S/C19H22N4O2S/c1-13(2)17(14-8-5-4-6-9-14)20-16(24)12-26-19-22-21-18(23(19)3)15-10-7-11-25-15/h4-11,13,17H,12H2,1-3H3,(H,20,24). The normalized spacial score (nSPS) is 12.3. The average molecular weight is 370 g/mol. The van der Waals surface area contributed by atoms with Gasteiger partial charge in [0.15, 0.2) is 16.7 Å². The Labute approximate surface area is 157 Å². The van der Waals surface area contributed by atoms with Crippen LogP contribution in [0.25, 0.3) is 11.6 Å². The largest absolute Gasteiger partial charge is 0.461 e. The number of carbonyl (C=O) groups excluding carboxylic acids is 1. The van der Waals surface area contributed by atoms with E-state index in [-0.39, 0.29) is 17.7 Å². The Bertz CT molecular complexity index is 844. The smallest absolute Gasteiger partial charge is 0.230 e. The first kappa shape index (κ1) is 18.3. The van der Waals surface area contributed by atoms with Crippen LogP contribution in [-0.2, 0) is 11.8 Å². The van der Waals surface area contributed by atoms with Crippen LogP contribution in [0, 0.1) is 5.92 Å². The van der Waals surface area contributed by atoms with Crippen molar-refractivity contribution in [3.8, 4) is 11.6 Å². The van der Waals surface area contributed by atoms with Crippen LogP contribution in [0.5, 0.6) is 0 Å². The fraction of sp³-hybridized carbons (Fsp3) is 0.316. The number of hydrogen-bond acceptors (Lipinski definition) is 5. The lowest BCUT2D eigenvalue weighted by Gasteiger charge is -2.22. The molecule has 1 unspecified atom stereocenters. The monoisotopic (exact) mass is 370 g/mol. The summed E-state index contributed by atoms with van der Waals surface area (Å²) >= 11 is 1.36. The molecule has 0 saturated carbocycles. The molecule has 0 saturated heterocycles. The van der Waals surface area contributed by atoms with Gasteiger partial charge in [-0.3, -0.25) is 4.79 Å². The SMILES string of the molecule is CC(C)C(NC(=O)CSc1nnc(-c2ccco2)n1C)c1ccccc1. The first-order valence-corrected chi connectivity index (χ1v) is 9.45. The van der Waals surface area contributed by atoms with Crippen molar-refractivity contribution in [1.29, 1.82) is 0 Å². The molecule has 0 aliphatic carbocycles. The summed E-state index contributed by atoms with van der Waals surface area (Å²) in [6, 6.07) is 13.7. The van der Waals surface area contributed by atoms with Gasteiger partial charge in [0, 0.05) is 7.05 Å². The molecule has 136 valence electrons. The fourth-order valence-electron chi connectivity index (χ4n) is 2.70. The van der Waals surface area contributed by atoms with Crippen molar-refractivity contribution in [3.63, 3.8) is 0 Å². The summed E-state index contributed by atoms with van der Waals surface area (Å²) in [6.07, 6.45) is 1.60. The molecule has 1 atom stereocenters. The molecule has 0 aliphatic heterocycles. The summed E-state index contributed by atoms with van der Waals surface area (Å²) in [4.78, 5) is 12.4. The number of furan rings is 1. The lowest BCUT2D eigenvalue weighted by atomic mass is 9.96. The van der Waals surface area contributed by atoms with Gasteiger partial charge < -0.3 is 14.3 Å². The summed E-state index contributed by atoms with van der Waals surface area (Å²) in [5.74, 6) is 1.84. The zero-order chi connectivity index (χ0) is 18.5. The molecule has 3 aromatic rings. The van der Waals surface area contributed by atoms with E-state index in [4.69, 9.17) is 4.42 Å². The molecule has 26 heavy (non-hydrogen) atoms. The van der Waals surface area contributed by atoms with E-state index in [0.29, 0.717) is 22.7 Å². The Kier molecular flexibility index (Phi) is 5.78. The molecule has 0 fully saturated rings. The van der Waals surface area contributed by atoms with Crippen LogP contribution in [0.2, 0.25) is 0 Å². The summed E-state index contributed by atoms with van der Waals surface area (Å²) in [7, 11) is 1.86. The van der Waals surface area contributed by atoms with Crippen molar-refractivity contribution >= 4 is 17.7 Å². The van der Waals surface area contributed by atoms with Gasteiger partial charge in [0.25, 0.3) is 0 Å². The van der Waals surface area contributed by atoms with Crippen molar-refractivity contribution in [2.75, 3.05) is 5.75 Å². The van der Waals surface area contributed by atoms with Crippen LogP contribution in [0.3, 0.4) is 0 Å². The van der Waals surface area contributed by atoms with E-state index in [2.05, 4.69) is 29.4 Å². The van der Waals surface area contributed by atoms with E-state index >= 15 is 0 Å². The maximum atomic E-state index is 12.4. The third-order valence-corrected chi connectivity index (χ3v) is 5.07. The van der Waals surface area contributed by atoms with E-state index < -0.39 is 0 Å². The highest BCUT2D eigenvalue weighted by molar-refractivity contribution is 7.99. The van der Waals surface area contributed by atoms with Crippen molar-refractivity contribution in [3.05, 3.63) is 54.3 Å². The Morgan fingerprint density at radius 3 is 2.62 bits per heavy atom. The van der Waals surface area contributed by atoms with Crippen molar-refractivity contribution < 1.29 is 9.21 Å². The second-order valence-corrected chi connectivity index (χ2v) is 7.27. The van der Waals surface area contributed by atoms with E-state index in [1.165, 1.54) is 11.8 Å². The molecule has 0 bridgehead atoms. The third kappa shape index (κ3) is 4.16. The minimum atomic E-state index is -0.0277. The minimum absolute atomic E-state index is 0.0116. The van der Waals surface area contributed by atoms with E-state index in [1.54, 1.807) is 12.3 Å². The molecular formula is C19H22N4O2S. The molecule has 0 aliphatic rings. The highest BCUT2D eigenvalue weighted by Gasteiger charge is 2.19. The first-order valence-electron chi connectivity index (χ1n) is 8.46. The molecule has 2 heterocycles. The van der Waals surface area contributed by atoms with Crippen molar-refractivity contribution in [2.45, 2.75) is 25.0 Å². The lowest BCUT2D eigenvalue weighted by Crippen LogP contribution is -2.33. The number of amides is 1. The third-order valence-electron chi connectivity index (χ3n) is 4.05. The quantitative estimate of drug-likeness (QED) is 0.642. The van der Waals surface area contributed by atoms with Gasteiger partial charge in [0.2, 0.25) is 5.91 Å². The Morgan fingerprint density at radius 2 is 1.96 bits per heavy atom. The van der Waals surface area contributed by atoms with Crippen LogP contribution in [0.1, 0.15) is 25.5 Å². The minimum Gasteiger partial charge on any atom is -0.461 e. The van der Waals surface area contributed by atoms with Gasteiger partial charge in [0.1, 0.15) is 0 Å². The molecular weight excluding hydrogens is 348 g/mol. The fourth-order valence-corrected chi connectivity index (χ4v) is 3.42. The van der Waals surface area contributed by atoms with Crippen molar-refractivity contribution in [1.82, 2.24) is 20.1 Å². The number of carbonyl (C=O) groups is 1. The molecule has 3 rings (SSSR count). The van der Waals surface area contributed by atoms with Gasteiger partial charge in [-0.05, 0) is 23.6 Å². The van der Waals surface area contributed by atoms with Gasteiger partial charge in [-0.1, -0.05) is 55.9 Å². The number of nitrogens with zero attached hydrogens (tertiary/aromatic N) is 3. The highest BCUT2D eigenvalue weighted by atomic mass is 32.2. The number of benzene rings is 1. The Hall–Kier alpha value is -2.54. The number of nitrogens with one attached hydrogen (secondary N) is 1. The molecule has 1 N–H and O–H groups in total. The van der Waals surface area contributed by atoms with E-state index in [0.717, 1.165) is 5.56 Å². The zero-order valence-electron chi connectivity index (χ0n) is 15.0. The number of rotatable bonds is 7. The number of hydrogen-bond donors (Lipinski definition) is 1. The van der Waals surface area contributed by atoms with Crippen LogP contribution in [0.4, 0.5) is 0 Å². The maximum absolute atomic E-state index is 12.4. The number of aromatic nitrogens is 3. The Balaban J connectivity index is 1.62. The summed E-state index contributed by atoms with van der Waals surface area (Å²) < 4.78 is 7.18. The first-order chi connectivity index (χ1) is 12.6. The van der Waals surface area contributed by atoms with Crippen LogP contribution >= 0.6 is 11.8 Å². The molecule has 1 amide bonds. The van der Waals surface area contributed by atoms with Gasteiger partial charge in [-0.25, -0.2) is 0 Å². The Morgan fingerprint density at radius 1 is 1.19 bits per heavy atom. The predicted octanol–water partition coefficient (Wildman–Crippen LogP) is 3.68. The van der Waals surface area contributed by atoms with Gasteiger partial charge in [-0.15, -0.1) is 10.2 Å². The summed E-state index contributed by atoms with van der Waals surface area (Å²) in [5, 5.41) is 12.1. The van der Waals surface area contributed by atoms with Crippen LogP contribution < -0.4 is 5.32 Å². The van der Waals surface area contributed by atoms with Crippen LogP contribution in [-0.4, -0.2) is 26.4 Å². The summed E-state index contributed by atoms with van der Waals surface area (Å²) in [5.41, 5.74) is 1.11. The van der Waals surface area contributed by atoms with Crippen LogP contribution in [0.15, 0.2) is 58.3 Å². The molecule has 7 heteroatoms. The van der Waals surface area contributed by atoms with Crippen molar-refractivity contribution in [2.24, 2.45) is 13.0 Å². The second-order valence-electron chi connectivity index (χ2n) is 6.33. The summed E-state index contributed by atoms with van der Waals surface area (Å²) in [6.45, 7) is 4.20. The lowest BCUT2D eigenvalue weighted by molar-refractivity contribution is -0.119. The van der Waals surface area contributed by atoms with Gasteiger partial charge >= 0.3 is 0 Å². The number of thioether (sulfide) groups is 1. The molecule has 0 radical (unpaired) electrons. The highest BCUT2D eigenvalue weighted by Crippen LogP contribution is 2.24. The zero-order valence-corrected chi connectivity index (χ0v) is 15.9. The van der Waals surface area contributed by atoms with E-state index in [9.17, 15) is 4.79 Å². The molecule has 2 aromatic heterocycles. The van der Waals surface area contributed by atoms with Gasteiger partial charge in [0.05, 0.1) is 18.1 Å². The maximum Gasteiger partial charge on any atom is 0.230 e.